The van der Waals surface area contributed by atoms with Crippen LogP contribution in [-0.2, 0) is 11.4 Å². The number of carboxylic acids is 1. The second kappa shape index (κ2) is 7.66. The molecule has 2 aromatic heterocycles. The molecule has 0 fully saturated rings. The summed E-state index contributed by atoms with van der Waals surface area (Å²) in [6.45, 7) is 0.225. The fourth-order valence-corrected chi connectivity index (χ4v) is 6.00. The molecular formula is C23H17NO4S2. The maximum Gasteiger partial charge on any atom is 0.327 e. The highest BCUT2D eigenvalue weighted by Crippen LogP contribution is 2.42. The van der Waals surface area contributed by atoms with E-state index in [9.17, 15) is 14.7 Å². The molecule has 150 valence electrons. The van der Waals surface area contributed by atoms with Crippen LogP contribution in [0.2, 0.25) is 0 Å². The number of thioether (sulfide) groups is 1. The van der Waals surface area contributed by atoms with Gasteiger partial charge in [-0.05, 0) is 22.9 Å². The molecule has 4 aromatic rings. The summed E-state index contributed by atoms with van der Waals surface area (Å²) in [5.41, 5.74) is 1.35. The van der Waals surface area contributed by atoms with Gasteiger partial charge in [0, 0.05) is 33.2 Å². The number of hydrogen-bond acceptors (Lipinski definition) is 5. The Kier molecular flexibility index (Phi) is 4.84. The number of carbonyl (C=O) groups is 1. The third kappa shape index (κ3) is 3.20. The minimum Gasteiger partial charge on any atom is -0.488 e. The van der Waals surface area contributed by atoms with E-state index in [0.29, 0.717) is 10.8 Å². The van der Waals surface area contributed by atoms with E-state index in [-0.39, 0.29) is 12.2 Å². The molecule has 5 nitrogen and oxygen atoms in total. The Balaban J connectivity index is 1.59. The number of rotatable bonds is 5. The first-order valence-corrected chi connectivity index (χ1v) is 11.3. The molecule has 1 atom stereocenters. The maximum atomic E-state index is 12.8. The molecule has 0 spiro atoms. The smallest absolute Gasteiger partial charge is 0.327 e. The van der Waals surface area contributed by atoms with Crippen LogP contribution in [-0.4, -0.2) is 21.4 Å². The van der Waals surface area contributed by atoms with E-state index in [2.05, 4.69) is 0 Å². The van der Waals surface area contributed by atoms with Crippen molar-refractivity contribution in [2.24, 2.45) is 0 Å². The van der Waals surface area contributed by atoms with E-state index in [0.717, 1.165) is 32.5 Å². The summed E-state index contributed by atoms with van der Waals surface area (Å²) in [6, 6.07) is 18.5. The van der Waals surface area contributed by atoms with Crippen LogP contribution in [0.15, 0.2) is 75.9 Å². The van der Waals surface area contributed by atoms with E-state index >= 15 is 0 Å². The van der Waals surface area contributed by atoms with Gasteiger partial charge in [0.05, 0.1) is 5.03 Å². The molecule has 0 bridgehead atoms. The molecule has 0 amide bonds. The van der Waals surface area contributed by atoms with Crippen molar-refractivity contribution in [2.45, 2.75) is 17.7 Å². The fourth-order valence-electron chi connectivity index (χ4n) is 3.77. The molecule has 3 heterocycles. The topological polar surface area (TPSA) is 68.5 Å². The summed E-state index contributed by atoms with van der Waals surface area (Å²) in [4.78, 5) is 25.5. The van der Waals surface area contributed by atoms with Gasteiger partial charge in [0.1, 0.15) is 18.4 Å². The molecule has 7 heteroatoms. The van der Waals surface area contributed by atoms with Crippen molar-refractivity contribution in [3.8, 4) is 16.2 Å². The number of carboxylic acid groups (broad SMARTS) is 1. The normalized spacial score (nSPS) is 15.3. The van der Waals surface area contributed by atoms with Crippen LogP contribution in [0.5, 0.6) is 5.75 Å². The first-order chi connectivity index (χ1) is 14.6. The highest BCUT2D eigenvalue weighted by molar-refractivity contribution is 7.99. The largest absolute Gasteiger partial charge is 0.488 e. The third-order valence-electron chi connectivity index (χ3n) is 5.16. The van der Waals surface area contributed by atoms with E-state index in [4.69, 9.17) is 4.74 Å². The Bertz CT molecular complexity index is 1310. The molecule has 5 rings (SSSR count). The minimum absolute atomic E-state index is 0.225. The first-order valence-electron chi connectivity index (χ1n) is 9.42. The Morgan fingerprint density at radius 3 is 2.77 bits per heavy atom. The molecule has 2 aromatic carbocycles. The van der Waals surface area contributed by atoms with Crippen LogP contribution < -0.4 is 10.3 Å². The summed E-state index contributed by atoms with van der Waals surface area (Å²) >= 11 is 2.98. The summed E-state index contributed by atoms with van der Waals surface area (Å²) in [5, 5.41) is 14.3. The van der Waals surface area contributed by atoms with E-state index in [1.54, 1.807) is 11.3 Å². The Labute approximate surface area is 180 Å². The van der Waals surface area contributed by atoms with E-state index in [1.807, 2.05) is 60.0 Å². The number of benzene rings is 2. The fraction of sp³-hybridized carbons (Fsp3) is 0.130. The standard InChI is InChI=1S/C23H17NO4S2/c25-20-11-15(12-28-18-8-3-6-14-5-1-2-7-16(14)18)21(19-9-4-10-29-19)22-24(20)17(13-30-22)23(26)27/h1-11,17H,12-13H2,(H,26,27)/t17-/m0/s1. The monoisotopic (exact) mass is 435 g/mol. The second-order valence-electron chi connectivity index (χ2n) is 6.97. The maximum absolute atomic E-state index is 12.8. The minimum atomic E-state index is -0.986. The lowest BCUT2D eigenvalue weighted by Gasteiger charge is -2.16. The zero-order valence-corrected chi connectivity index (χ0v) is 17.4. The zero-order chi connectivity index (χ0) is 20.7. The molecule has 1 N–H and O–H groups in total. The number of aromatic nitrogens is 1. The third-order valence-corrected chi connectivity index (χ3v) is 7.21. The Hall–Kier alpha value is -3.03. The number of ether oxygens (including phenoxy) is 1. The predicted molar refractivity (Wildman–Crippen MR) is 120 cm³/mol. The molecule has 0 saturated carbocycles. The quantitative estimate of drug-likeness (QED) is 0.476. The molecule has 0 saturated heterocycles. The highest BCUT2D eigenvalue weighted by Gasteiger charge is 2.33. The summed E-state index contributed by atoms with van der Waals surface area (Å²) in [5.74, 6) is 0.110. The van der Waals surface area contributed by atoms with Crippen molar-refractivity contribution in [2.75, 3.05) is 5.75 Å². The van der Waals surface area contributed by atoms with Gasteiger partial charge in [-0.1, -0.05) is 42.5 Å². The van der Waals surface area contributed by atoms with Gasteiger partial charge in [-0.15, -0.1) is 23.1 Å². The SMILES string of the molecule is O=C(O)[C@@H]1CSc2c(-c3cccs3)c(COc3cccc4ccccc34)cc(=O)n21. The predicted octanol–water partition coefficient (Wildman–Crippen LogP) is 5.04. The van der Waals surface area contributed by atoms with Gasteiger partial charge in [-0.2, -0.15) is 0 Å². The van der Waals surface area contributed by atoms with Crippen LogP contribution in [0.1, 0.15) is 11.6 Å². The van der Waals surface area contributed by atoms with Crippen LogP contribution in [0.3, 0.4) is 0 Å². The van der Waals surface area contributed by atoms with Gasteiger partial charge >= 0.3 is 5.97 Å². The van der Waals surface area contributed by atoms with Crippen molar-refractivity contribution in [1.82, 2.24) is 4.57 Å². The second-order valence-corrected chi connectivity index (χ2v) is 8.92. The molecule has 30 heavy (non-hydrogen) atoms. The zero-order valence-electron chi connectivity index (χ0n) is 15.8. The molecular weight excluding hydrogens is 418 g/mol. The number of pyridine rings is 1. The van der Waals surface area contributed by atoms with E-state index < -0.39 is 12.0 Å². The summed E-state index contributed by atoms with van der Waals surface area (Å²) in [7, 11) is 0. The average molecular weight is 436 g/mol. The lowest BCUT2D eigenvalue weighted by atomic mass is 10.1. The van der Waals surface area contributed by atoms with Gasteiger partial charge in [-0.3, -0.25) is 9.36 Å². The lowest BCUT2D eigenvalue weighted by molar-refractivity contribution is -0.140. The summed E-state index contributed by atoms with van der Waals surface area (Å²) < 4.78 is 7.57. The van der Waals surface area contributed by atoms with Crippen LogP contribution in [0, 0.1) is 0 Å². The number of fused-ring (bicyclic) bond motifs is 2. The van der Waals surface area contributed by atoms with Crippen molar-refractivity contribution in [3.63, 3.8) is 0 Å². The van der Waals surface area contributed by atoms with E-state index in [1.165, 1.54) is 22.4 Å². The van der Waals surface area contributed by atoms with Gasteiger partial charge in [0.2, 0.25) is 0 Å². The molecule has 0 aliphatic carbocycles. The van der Waals surface area contributed by atoms with Crippen molar-refractivity contribution in [3.05, 3.63) is 82.0 Å². The lowest BCUT2D eigenvalue weighted by Crippen LogP contribution is -2.29. The molecule has 1 aliphatic rings. The number of aliphatic carboxylic acids is 1. The van der Waals surface area contributed by atoms with Gasteiger partial charge in [0.25, 0.3) is 5.56 Å². The van der Waals surface area contributed by atoms with Crippen LogP contribution in [0.25, 0.3) is 21.2 Å². The van der Waals surface area contributed by atoms with Crippen LogP contribution in [0.4, 0.5) is 0 Å². The van der Waals surface area contributed by atoms with Crippen molar-refractivity contribution in [1.29, 1.82) is 0 Å². The number of thiophene rings is 1. The molecule has 0 radical (unpaired) electrons. The number of hydrogen-bond donors (Lipinski definition) is 1. The van der Waals surface area contributed by atoms with Gasteiger partial charge < -0.3 is 9.84 Å². The van der Waals surface area contributed by atoms with Crippen LogP contribution >= 0.6 is 23.1 Å². The Morgan fingerprint density at radius 2 is 1.97 bits per heavy atom. The average Bonchev–Trinajstić information content (AvgIpc) is 3.43. The van der Waals surface area contributed by atoms with Crippen molar-refractivity contribution >= 4 is 39.8 Å². The summed E-state index contributed by atoms with van der Waals surface area (Å²) in [6.07, 6.45) is 0. The highest BCUT2D eigenvalue weighted by atomic mass is 32.2. The van der Waals surface area contributed by atoms with Crippen molar-refractivity contribution < 1.29 is 14.6 Å². The number of nitrogens with zero attached hydrogens (tertiary/aromatic N) is 1. The first kappa shape index (κ1) is 19.0. The van der Waals surface area contributed by atoms with Gasteiger partial charge in [0.15, 0.2) is 0 Å². The molecule has 1 aliphatic heterocycles. The Morgan fingerprint density at radius 1 is 1.13 bits per heavy atom. The van der Waals surface area contributed by atoms with Gasteiger partial charge in [-0.25, -0.2) is 4.79 Å². The molecule has 0 unspecified atom stereocenters.